The fourth-order valence-corrected chi connectivity index (χ4v) is 3.57. The van der Waals surface area contributed by atoms with Crippen molar-refractivity contribution >= 4 is 11.8 Å². The van der Waals surface area contributed by atoms with E-state index in [0.717, 1.165) is 23.6 Å². The van der Waals surface area contributed by atoms with Gasteiger partial charge < -0.3 is 5.11 Å². The summed E-state index contributed by atoms with van der Waals surface area (Å²) in [5, 5.41) is 11.3. The number of aryl methyl sites for hydroxylation is 2. The Morgan fingerprint density at radius 1 is 1.25 bits per heavy atom. The molecule has 2 unspecified atom stereocenters. The third-order valence-corrected chi connectivity index (χ3v) is 4.32. The maximum absolute atomic E-state index is 9.92. The van der Waals surface area contributed by atoms with Crippen LogP contribution in [0.2, 0.25) is 0 Å². The lowest BCUT2D eigenvalue weighted by Gasteiger charge is -2.26. The van der Waals surface area contributed by atoms with Crippen LogP contribution in [0.15, 0.2) is 17.2 Å². The van der Waals surface area contributed by atoms with Crippen molar-refractivity contribution in [2.75, 3.05) is 0 Å². The summed E-state index contributed by atoms with van der Waals surface area (Å²) in [6, 6.07) is 4.19. The SMILES string of the molecule is Cc1cc(C)nc(SC2CCCCC2O)c1. The standard InChI is InChI=1S/C13H19NOS/c1-9-7-10(2)14-13(8-9)16-12-6-4-3-5-11(12)15/h7-8,11-12,15H,3-6H2,1-2H3. The van der Waals surface area contributed by atoms with E-state index in [1.165, 1.54) is 18.4 Å². The Balaban J connectivity index is 2.07. The first kappa shape index (κ1) is 11.9. The Kier molecular flexibility index (Phi) is 3.87. The van der Waals surface area contributed by atoms with Gasteiger partial charge in [0.05, 0.1) is 11.1 Å². The summed E-state index contributed by atoms with van der Waals surface area (Å²) in [4.78, 5) is 4.51. The Hall–Kier alpha value is -0.540. The van der Waals surface area contributed by atoms with Gasteiger partial charge in [-0.2, -0.15) is 0 Å². The third kappa shape index (κ3) is 2.98. The van der Waals surface area contributed by atoms with Gasteiger partial charge in [-0.25, -0.2) is 4.98 Å². The van der Waals surface area contributed by atoms with Gasteiger partial charge in [0, 0.05) is 10.9 Å². The maximum atomic E-state index is 9.92. The average Bonchev–Trinajstić information content (AvgIpc) is 2.20. The van der Waals surface area contributed by atoms with E-state index in [1.807, 2.05) is 6.92 Å². The van der Waals surface area contributed by atoms with Crippen molar-refractivity contribution in [3.63, 3.8) is 0 Å². The van der Waals surface area contributed by atoms with E-state index < -0.39 is 0 Å². The van der Waals surface area contributed by atoms with Crippen LogP contribution in [0.3, 0.4) is 0 Å². The predicted octanol–water partition coefficient (Wildman–Crippen LogP) is 3.09. The van der Waals surface area contributed by atoms with Crippen LogP contribution in [0.1, 0.15) is 36.9 Å². The van der Waals surface area contributed by atoms with E-state index in [0.29, 0.717) is 5.25 Å². The number of aliphatic hydroxyl groups excluding tert-OH is 1. The number of nitrogens with zero attached hydrogens (tertiary/aromatic N) is 1. The number of rotatable bonds is 2. The molecule has 1 aromatic rings. The third-order valence-electron chi connectivity index (χ3n) is 3.01. The highest BCUT2D eigenvalue weighted by Crippen LogP contribution is 2.33. The molecular formula is C13H19NOS. The van der Waals surface area contributed by atoms with Gasteiger partial charge >= 0.3 is 0 Å². The number of hydrogen-bond acceptors (Lipinski definition) is 3. The van der Waals surface area contributed by atoms with Crippen LogP contribution in [-0.2, 0) is 0 Å². The monoisotopic (exact) mass is 237 g/mol. The molecule has 1 fully saturated rings. The zero-order valence-electron chi connectivity index (χ0n) is 9.94. The summed E-state index contributed by atoms with van der Waals surface area (Å²) in [6.45, 7) is 4.12. The van der Waals surface area contributed by atoms with E-state index in [4.69, 9.17) is 0 Å². The zero-order valence-corrected chi connectivity index (χ0v) is 10.8. The molecule has 2 rings (SSSR count). The van der Waals surface area contributed by atoms with Crippen LogP contribution >= 0.6 is 11.8 Å². The summed E-state index contributed by atoms with van der Waals surface area (Å²) in [6.07, 6.45) is 4.31. The van der Waals surface area contributed by atoms with Crippen LogP contribution in [0.25, 0.3) is 0 Å². The molecule has 1 N–H and O–H groups in total. The van der Waals surface area contributed by atoms with E-state index in [-0.39, 0.29) is 6.10 Å². The number of thioether (sulfide) groups is 1. The molecule has 3 heteroatoms. The predicted molar refractivity (Wildman–Crippen MR) is 67.8 cm³/mol. The van der Waals surface area contributed by atoms with Crippen molar-refractivity contribution in [1.29, 1.82) is 0 Å². The largest absolute Gasteiger partial charge is 0.392 e. The van der Waals surface area contributed by atoms with Gasteiger partial charge in [-0.1, -0.05) is 12.8 Å². The molecule has 0 bridgehead atoms. The van der Waals surface area contributed by atoms with Crippen molar-refractivity contribution < 1.29 is 5.11 Å². The first-order valence-electron chi connectivity index (χ1n) is 5.95. The summed E-state index contributed by atoms with van der Waals surface area (Å²) in [5.74, 6) is 0. The Morgan fingerprint density at radius 2 is 2.00 bits per heavy atom. The molecule has 1 aliphatic rings. The van der Waals surface area contributed by atoms with Crippen LogP contribution < -0.4 is 0 Å². The topological polar surface area (TPSA) is 33.1 Å². The minimum absolute atomic E-state index is 0.152. The van der Waals surface area contributed by atoms with Gasteiger partial charge in [-0.15, -0.1) is 11.8 Å². The van der Waals surface area contributed by atoms with Gasteiger partial charge in [0.1, 0.15) is 0 Å². The highest BCUT2D eigenvalue weighted by Gasteiger charge is 2.24. The van der Waals surface area contributed by atoms with Gasteiger partial charge in [0.15, 0.2) is 0 Å². The lowest BCUT2D eigenvalue weighted by atomic mass is 9.97. The highest BCUT2D eigenvalue weighted by atomic mass is 32.2. The van der Waals surface area contributed by atoms with Crippen molar-refractivity contribution in [1.82, 2.24) is 4.98 Å². The first-order chi connectivity index (χ1) is 7.65. The molecule has 2 atom stereocenters. The molecule has 0 saturated heterocycles. The molecule has 1 heterocycles. The zero-order chi connectivity index (χ0) is 11.5. The van der Waals surface area contributed by atoms with E-state index in [2.05, 4.69) is 24.0 Å². The van der Waals surface area contributed by atoms with E-state index in [1.54, 1.807) is 11.8 Å². The molecule has 0 amide bonds. The van der Waals surface area contributed by atoms with E-state index in [9.17, 15) is 5.11 Å². The minimum Gasteiger partial charge on any atom is -0.392 e. The first-order valence-corrected chi connectivity index (χ1v) is 6.83. The van der Waals surface area contributed by atoms with Crippen LogP contribution in [-0.4, -0.2) is 21.4 Å². The summed E-state index contributed by atoms with van der Waals surface area (Å²) in [7, 11) is 0. The molecule has 1 aliphatic carbocycles. The van der Waals surface area contributed by atoms with Crippen molar-refractivity contribution in [3.8, 4) is 0 Å². The van der Waals surface area contributed by atoms with Crippen molar-refractivity contribution in [3.05, 3.63) is 23.4 Å². The van der Waals surface area contributed by atoms with Crippen LogP contribution in [0.5, 0.6) is 0 Å². The molecule has 2 nitrogen and oxygen atoms in total. The average molecular weight is 237 g/mol. The molecule has 0 aromatic carbocycles. The lowest BCUT2D eigenvalue weighted by molar-refractivity contribution is 0.137. The van der Waals surface area contributed by atoms with Gasteiger partial charge in [0.25, 0.3) is 0 Å². The molecule has 1 saturated carbocycles. The number of pyridine rings is 1. The molecule has 1 aromatic heterocycles. The van der Waals surface area contributed by atoms with E-state index >= 15 is 0 Å². The molecule has 16 heavy (non-hydrogen) atoms. The Labute approximate surface area is 101 Å². The fourth-order valence-electron chi connectivity index (χ4n) is 2.23. The molecular weight excluding hydrogens is 218 g/mol. The number of hydrogen-bond donors (Lipinski definition) is 1. The van der Waals surface area contributed by atoms with Gasteiger partial charge in [-0.05, 0) is 44.4 Å². The number of aromatic nitrogens is 1. The minimum atomic E-state index is -0.152. The molecule has 88 valence electrons. The van der Waals surface area contributed by atoms with Crippen molar-refractivity contribution in [2.24, 2.45) is 0 Å². The summed E-state index contributed by atoms with van der Waals surface area (Å²) < 4.78 is 0. The quantitative estimate of drug-likeness (QED) is 0.858. The molecule has 0 aliphatic heterocycles. The second kappa shape index (κ2) is 5.19. The lowest BCUT2D eigenvalue weighted by Crippen LogP contribution is -2.26. The summed E-state index contributed by atoms with van der Waals surface area (Å²) >= 11 is 1.74. The second-order valence-electron chi connectivity index (χ2n) is 4.63. The Bertz CT molecular complexity index is 347. The fraction of sp³-hybridized carbons (Fsp3) is 0.615. The maximum Gasteiger partial charge on any atom is 0.0969 e. The highest BCUT2D eigenvalue weighted by molar-refractivity contribution is 7.99. The van der Waals surface area contributed by atoms with Crippen LogP contribution in [0.4, 0.5) is 0 Å². The van der Waals surface area contributed by atoms with Crippen LogP contribution in [0, 0.1) is 13.8 Å². The Morgan fingerprint density at radius 3 is 2.69 bits per heavy atom. The molecule has 0 spiro atoms. The van der Waals surface area contributed by atoms with Gasteiger partial charge in [0.2, 0.25) is 0 Å². The second-order valence-corrected chi connectivity index (χ2v) is 5.89. The van der Waals surface area contributed by atoms with Gasteiger partial charge in [-0.3, -0.25) is 0 Å². The molecule has 0 radical (unpaired) electrons. The summed E-state index contributed by atoms with van der Waals surface area (Å²) in [5.41, 5.74) is 2.31. The smallest absolute Gasteiger partial charge is 0.0969 e. The number of aliphatic hydroxyl groups is 1. The van der Waals surface area contributed by atoms with Crippen molar-refractivity contribution in [2.45, 2.75) is 55.9 Å². The normalized spacial score (nSPS) is 25.7.